The number of aryl methyl sites for hydroxylation is 1. The summed E-state index contributed by atoms with van der Waals surface area (Å²) in [7, 11) is 0. The molecular formula is C18H19F3N4O5S. The molecule has 2 aromatic heterocycles. The predicted octanol–water partition coefficient (Wildman–Crippen LogP) is 0.343. The van der Waals surface area contributed by atoms with Crippen LogP contribution in [0.4, 0.5) is 13.2 Å². The van der Waals surface area contributed by atoms with Gasteiger partial charge in [0.25, 0.3) is 5.56 Å². The summed E-state index contributed by atoms with van der Waals surface area (Å²) >= 11 is 1.07. The lowest BCUT2D eigenvalue weighted by Crippen LogP contribution is -2.51. The second-order valence-electron chi connectivity index (χ2n) is 7.49. The third-order valence-corrected chi connectivity index (χ3v) is 6.69. The molecule has 1 N–H and O–H groups in total. The normalized spacial score (nSPS) is 19.6. The monoisotopic (exact) mass is 460 g/mol. The SMILES string of the molecule is Cc1c(CN2CCNC(=O)C2=O)sc2c1c(=O)n(CC(F)(F)F)c(=O)n2CC1CCO1. The molecule has 0 radical (unpaired) electrons. The van der Waals surface area contributed by atoms with Gasteiger partial charge in [-0.2, -0.15) is 13.2 Å². The van der Waals surface area contributed by atoms with E-state index >= 15 is 0 Å². The lowest BCUT2D eigenvalue weighted by atomic mass is 10.1. The summed E-state index contributed by atoms with van der Waals surface area (Å²) in [4.78, 5) is 51.5. The number of thiophene rings is 1. The number of hydrogen-bond acceptors (Lipinski definition) is 6. The highest BCUT2D eigenvalue weighted by atomic mass is 32.1. The van der Waals surface area contributed by atoms with E-state index in [-0.39, 0.29) is 47.1 Å². The first-order valence-corrected chi connectivity index (χ1v) is 10.4. The van der Waals surface area contributed by atoms with Gasteiger partial charge in [-0.25, -0.2) is 4.79 Å². The summed E-state index contributed by atoms with van der Waals surface area (Å²) in [6, 6.07) is 0. The molecule has 2 aliphatic heterocycles. The topological polar surface area (TPSA) is 103 Å². The molecule has 1 unspecified atom stereocenters. The molecule has 4 rings (SSSR count). The van der Waals surface area contributed by atoms with Crippen LogP contribution in [0.1, 0.15) is 16.9 Å². The molecule has 0 aromatic carbocycles. The summed E-state index contributed by atoms with van der Waals surface area (Å²) in [6.07, 6.45) is -4.42. The van der Waals surface area contributed by atoms with E-state index in [0.717, 1.165) is 15.9 Å². The number of amides is 2. The van der Waals surface area contributed by atoms with Crippen LogP contribution in [0.15, 0.2) is 9.59 Å². The van der Waals surface area contributed by atoms with Gasteiger partial charge in [-0.05, 0) is 18.9 Å². The first kappa shape index (κ1) is 21.6. The maximum Gasteiger partial charge on any atom is 0.406 e. The lowest BCUT2D eigenvalue weighted by Gasteiger charge is -2.27. The number of rotatable bonds is 5. The molecule has 168 valence electrons. The van der Waals surface area contributed by atoms with Crippen molar-refractivity contribution in [1.82, 2.24) is 19.4 Å². The Morgan fingerprint density at radius 1 is 1.19 bits per heavy atom. The van der Waals surface area contributed by atoms with E-state index in [9.17, 15) is 32.3 Å². The van der Waals surface area contributed by atoms with Crippen LogP contribution in [0.5, 0.6) is 0 Å². The second kappa shape index (κ2) is 7.79. The van der Waals surface area contributed by atoms with Crippen LogP contribution in [-0.4, -0.2) is 57.8 Å². The number of piperazine rings is 1. The van der Waals surface area contributed by atoms with Crippen molar-refractivity contribution in [3.63, 3.8) is 0 Å². The molecule has 0 spiro atoms. The Morgan fingerprint density at radius 2 is 1.90 bits per heavy atom. The van der Waals surface area contributed by atoms with Gasteiger partial charge < -0.3 is 15.0 Å². The zero-order valence-corrected chi connectivity index (χ0v) is 17.3. The molecule has 2 amide bonds. The van der Waals surface area contributed by atoms with Gasteiger partial charge in [0.05, 0.1) is 24.6 Å². The summed E-state index contributed by atoms with van der Waals surface area (Å²) < 4.78 is 45.8. The number of alkyl halides is 3. The van der Waals surface area contributed by atoms with E-state index in [1.165, 1.54) is 4.90 Å². The van der Waals surface area contributed by atoms with Crippen molar-refractivity contribution >= 4 is 33.4 Å². The van der Waals surface area contributed by atoms with Crippen molar-refractivity contribution in [2.75, 3.05) is 19.7 Å². The van der Waals surface area contributed by atoms with Crippen molar-refractivity contribution in [2.24, 2.45) is 0 Å². The predicted molar refractivity (Wildman–Crippen MR) is 104 cm³/mol. The number of carbonyl (C=O) groups is 2. The third kappa shape index (κ3) is 3.99. The van der Waals surface area contributed by atoms with Crippen molar-refractivity contribution < 1.29 is 27.5 Å². The molecule has 0 aliphatic carbocycles. The van der Waals surface area contributed by atoms with Gasteiger partial charge in [0.15, 0.2) is 0 Å². The highest BCUT2D eigenvalue weighted by Gasteiger charge is 2.33. The van der Waals surface area contributed by atoms with Gasteiger partial charge in [0.2, 0.25) is 0 Å². The fourth-order valence-corrected chi connectivity index (χ4v) is 4.97. The van der Waals surface area contributed by atoms with Gasteiger partial charge in [-0.15, -0.1) is 11.3 Å². The molecule has 2 fully saturated rings. The average molecular weight is 460 g/mol. The summed E-state index contributed by atoms with van der Waals surface area (Å²) in [5.74, 6) is -1.46. The van der Waals surface area contributed by atoms with E-state index < -0.39 is 35.8 Å². The van der Waals surface area contributed by atoms with Crippen LogP contribution in [0, 0.1) is 6.92 Å². The minimum atomic E-state index is -4.75. The van der Waals surface area contributed by atoms with Gasteiger partial charge in [0, 0.05) is 24.6 Å². The Balaban J connectivity index is 1.84. The van der Waals surface area contributed by atoms with Gasteiger partial charge in [0.1, 0.15) is 11.4 Å². The molecule has 31 heavy (non-hydrogen) atoms. The summed E-state index contributed by atoms with van der Waals surface area (Å²) in [5, 5.41) is 2.44. The van der Waals surface area contributed by atoms with Crippen LogP contribution in [0.3, 0.4) is 0 Å². The van der Waals surface area contributed by atoms with Crippen LogP contribution < -0.4 is 16.6 Å². The smallest absolute Gasteiger partial charge is 0.376 e. The fourth-order valence-electron chi connectivity index (χ4n) is 3.65. The first-order valence-electron chi connectivity index (χ1n) is 9.58. The highest BCUT2D eigenvalue weighted by Crippen LogP contribution is 2.30. The minimum Gasteiger partial charge on any atom is -0.376 e. The first-order chi connectivity index (χ1) is 14.6. The van der Waals surface area contributed by atoms with E-state index in [1.807, 2.05) is 0 Å². The molecule has 2 aromatic rings. The number of nitrogens with one attached hydrogen (secondary N) is 1. The van der Waals surface area contributed by atoms with Crippen LogP contribution in [0.2, 0.25) is 0 Å². The molecule has 0 bridgehead atoms. The zero-order chi connectivity index (χ0) is 22.5. The Morgan fingerprint density at radius 3 is 2.52 bits per heavy atom. The molecular weight excluding hydrogens is 441 g/mol. The molecule has 2 aliphatic rings. The Bertz CT molecular complexity index is 1180. The standard InChI is InChI=1S/C18H19F3N4O5S/c1-9-11(7-23-4-3-22-13(26)15(23)28)31-16-12(9)14(27)25(8-18(19,20)21)17(29)24(16)6-10-2-5-30-10/h10H,2-8H2,1H3,(H,22,26). The number of hydrogen-bond donors (Lipinski definition) is 1. The van der Waals surface area contributed by atoms with E-state index in [2.05, 4.69) is 5.32 Å². The number of carbonyl (C=O) groups excluding carboxylic acids is 2. The summed E-state index contributed by atoms with van der Waals surface area (Å²) in [6.45, 7) is 0.953. The number of aromatic nitrogens is 2. The van der Waals surface area contributed by atoms with Crippen molar-refractivity contribution in [2.45, 2.75) is 45.3 Å². The molecule has 13 heteroatoms. The minimum absolute atomic E-state index is 0.0112. The Labute approximate surface area is 177 Å². The van der Waals surface area contributed by atoms with Crippen LogP contribution in [0.25, 0.3) is 10.2 Å². The Kier molecular flexibility index (Phi) is 5.41. The highest BCUT2D eigenvalue weighted by molar-refractivity contribution is 7.18. The Hall–Kier alpha value is -2.67. The molecule has 9 nitrogen and oxygen atoms in total. The fraction of sp³-hybridized carbons (Fsp3) is 0.556. The van der Waals surface area contributed by atoms with Crippen molar-refractivity contribution in [3.8, 4) is 0 Å². The zero-order valence-electron chi connectivity index (χ0n) is 16.5. The van der Waals surface area contributed by atoms with Crippen LogP contribution in [-0.2, 0) is 34.0 Å². The molecule has 0 saturated carbocycles. The number of halogens is 3. The second-order valence-corrected chi connectivity index (χ2v) is 8.58. The third-order valence-electron chi connectivity index (χ3n) is 5.39. The molecule has 4 heterocycles. The maximum atomic E-state index is 13.1. The quantitative estimate of drug-likeness (QED) is 0.649. The van der Waals surface area contributed by atoms with E-state index in [4.69, 9.17) is 4.74 Å². The van der Waals surface area contributed by atoms with E-state index in [0.29, 0.717) is 23.5 Å². The lowest BCUT2D eigenvalue weighted by molar-refractivity contribution is -0.148. The van der Waals surface area contributed by atoms with Gasteiger partial charge in [-0.3, -0.25) is 23.5 Å². The largest absolute Gasteiger partial charge is 0.406 e. The van der Waals surface area contributed by atoms with Gasteiger partial charge >= 0.3 is 23.7 Å². The van der Waals surface area contributed by atoms with Crippen LogP contribution >= 0.6 is 11.3 Å². The maximum absolute atomic E-state index is 13.1. The van der Waals surface area contributed by atoms with Gasteiger partial charge in [-0.1, -0.05) is 0 Å². The average Bonchev–Trinajstić information content (AvgIpc) is 2.96. The van der Waals surface area contributed by atoms with Crippen molar-refractivity contribution in [3.05, 3.63) is 31.3 Å². The molecule has 1 atom stereocenters. The number of fused-ring (bicyclic) bond motifs is 1. The van der Waals surface area contributed by atoms with Crippen molar-refractivity contribution in [1.29, 1.82) is 0 Å². The number of ether oxygens (including phenoxy) is 1. The summed E-state index contributed by atoms with van der Waals surface area (Å²) in [5.41, 5.74) is -1.68. The number of nitrogens with zero attached hydrogens (tertiary/aromatic N) is 3. The molecule has 2 saturated heterocycles. The van der Waals surface area contributed by atoms with E-state index in [1.54, 1.807) is 6.92 Å².